The van der Waals surface area contributed by atoms with Crippen LogP contribution in [0.25, 0.3) is 0 Å². The molecule has 0 saturated heterocycles. The normalized spacial score (nSPS) is 10.3. The van der Waals surface area contributed by atoms with Gasteiger partial charge in [0.25, 0.3) is 0 Å². The summed E-state index contributed by atoms with van der Waals surface area (Å²) in [6.45, 7) is 6.23. The lowest BCUT2D eigenvalue weighted by atomic mass is 10.1. The van der Waals surface area contributed by atoms with Crippen molar-refractivity contribution in [2.75, 3.05) is 18.1 Å². The first-order valence-corrected chi connectivity index (χ1v) is 6.10. The summed E-state index contributed by atoms with van der Waals surface area (Å²) in [6, 6.07) is 0. The molecule has 1 N–H and O–H groups in total. The molecular formula is C10H19NO2S. The summed E-state index contributed by atoms with van der Waals surface area (Å²) in [7, 11) is 0. The van der Waals surface area contributed by atoms with E-state index < -0.39 is 0 Å². The van der Waals surface area contributed by atoms with Gasteiger partial charge in [0.1, 0.15) is 5.78 Å². The van der Waals surface area contributed by atoms with Gasteiger partial charge in [-0.3, -0.25) is 9.59 Å². The van der Waals surface area contributed by atoms with E-state index in [-0.39, 0.29) is 17.6 Å². The van der Waals surface area contributed by atoms with Gasteiger partial charge in [-0.1, -0.05) is 20.8 Å². The first-order valence-electron chi connectivity index (χ1n) is 4.95. The van der Waals surface area contributed by atoms with Gasteiger partial charge >= 0.3 is 0 Å². The molecule has 0 aliphatic heterocycles. The fourth-order valence-corrected chi connectivity index (χ4v) is 1.35. The van der Waals surface area contributed by atoms with Crippen LogP contribution in [0.15, 0.2) is 0 Å². The largest absolute Gasteiger partial charge is 0.355 e. The van der Waals surface area contributed by atoms with Gasteiger partial charge in [-0.2, -0.15) is 11.8 Å². The lowest BCUT2D eigenvalue weighted by molar-refractivity contribution is -0.122. The van der Waals surface area contributed by atoms with Gasteiger partial charge in [0.15, 0.2) is 0 Å². The summed E-state index contributed by atoms with van der Waals surface area (Å²) >= 11 is 1.58. The number of Topliss-reactive ketones (excluding diaryl/α,β-unsaturated/α-hetero) is 1. The van der Waals surface area contributed by atoms with E-state index >= 15 is 0 Å². The second-order valence-corrected chi connectivity index (χ2v) is 4.63. The van der Waals surface area contributed by atoms with Gasteiger partial charge in [-0.05, 0) is 5.75 Å². The van der Waals surface area contributed by atoms with Crippen LogP contribution in [0.4, 0.5) is 0 Å². The zero-order valence-electron chi connectivity index (χ0n) is 9.13. The van der Waals surface area contributed by atoms with E-state index in [2.05, 4.69) is 5.32 Å². The van der Waals surface area contributed by atoms with Gasteiger partial charge in [0.05, 0.1) is 5.75 Å². The van der Waals surface area contributed by atoms with E-state index in [1.807, 2.05) is 20.8 Å². The maximum Gasteiger partial charge on any atom is 0.230 e. The van der Waals surface area contributed by atoms with Crippen molar-refractivity contribution in [1.82, 2.24) is 5.32 Å². The van der Waals surface area contributed by atoms with E-state index in [9.17, 15) is 9.59 Å². The monoisotopic (exact) mass is 217 g/mol. The maximum atomic E-state index is 11.2. The quantitative estimate of drug-likeness (QED) is 0.702. The highest BCUT2D eigenvalue weighted by Crippen LogP contribution is 1.98. The van der Waals surface area contributed by atoms with E-state index in [1.54, 1.807) is 11.8 Å². The molecule has 14 heavy (non-hydrogen) atoms. The van der Waals surface area contributed by atoms with Gasteiger partial charge in [0.2, 0.25) is 5.91 Å². The molecule has 0 spiro atoms. The molecule has 0 saturated carbocycles. The van der Waals surface area contributed by atoms with E-state index in [1.165, 1.54) is 0 Å². The van der Waals surface area contributed by atoms with Crippen LogP contribution in [0.1, 0.15) is 27.2 Å². The number of thioether (sulfide) groups is 1. The topological polar surface area (TPSA) is 46.2 Å². The summed E-state index contributed by atoms with van der Waals surface area (Å²) in [4.78, 5) is 22.3. The number of rotatable bonds is 7. The molecule has 0 aliphatic rings. The number of hydrogen-bond acceptors (Lipinski definition) is 3. The second kappa shape index (κ2) is 7.85. The van der Waals surface area contributed by atoms with Crippen LogP contribution < -0.4 is 5.32 Å². The van der Waals surface area contributed by atoms with Crippen LogP contribution in [0.3, 0.4) is 0 Å². The molecule has 0 fully saturated rings. The molecule has 0 unspecified atom stereocenters. The third kappa shape index (κ3) is 6.95. The standard InChI is InChI=1S/C10H19NO2S/c1-4-14-7-10(13)11-6-5-9(12)8(2)3/h8H,4-7H2,1-3H3,(H,11,13). The highest BCUT2D eigenvalue weighted by molar-refractivity contribution is 7.99. The molecule has 3 nitrogen and oxygen atoms in total. The van der Waals surface area contributed by atoms with Crippen molar-refractivity contribution in [1.29, 1.82) is 0 Å². The molecule has 4 heteroatoms. The Morgan fingerprint density at radius 2 is 2.00 bits per heavy atom. The minimum absolute atomic E-state index is 0.0217. The van der Waals surface area contributed by atoms with Crippen molar-refractivity contribution < 1.29 is 9.59 Å². The Morgan fingerprint density at radius 1 is 1.36 bits per heavy atom. The number of carbonyl (C=O) groups excluding carboxylic acids is 2. The fourth-order valence-electron chi connectivity index (χ4n) is 0.860. The minimum Gasteiger partial charge on any atom is -0.355 e. The predicted molar refractivity (Wildman–Crippen MR) is 60.5 cm³/mol. The summed E-state index contributed by atoms with van der Waals surface area (Å²) in [5, 5.41) is 2.72. The molecule has 0 aromatic rings. The Hall–Kier alpha value is -0.510. The molecule has 82 valence electrons. The lowest BCUT2D eigenvalue weighted by Gasteiger charge is -2.05. The van der Waals surface area contributed by atoms with Crippen LogP contribution in [0.5, 0.6) is 0 Å². The molecule has 0 heterocycles. The molecule has 0 aromatic heterocycles. The predicted octanol–water partition coefficient (Wildman–Crippen LogP) is 1.47. The SMILES string of the molecule is CCSCC(=O)NCCC(=O)C(C)C. The first kappa shape index (κ1) is 13.5. The van der Waals surface area contributed by atoms with Crippen molar-refractivity contribution >= 4 is 23.5 Å². The van der Waals surface area contributed by atoms with Crippen molar-refractivity contribution in [3.63, 3.8) is 0 Å². The van der Waals surface area contributed by atoms with Crippen molar-refractivity contribution in [2.24, 2.45) is 5.92 Å². The summed E-state index contributed by atoms with van der Waals surface area (Å²) in [5.41, 5.74) is 0. The van der Waals surface area contributed by atoms with Crippen LogP contribution in [-0.4, -0.2) is 29.7 Å². The third-order valence-corrected chi connectivity index (χ3v) is 2.65. The van der Waals surface area contributed by atoms with Crippen molar-refractivity contribution in [2.45, 2.75) is 27.2 Å². The van der Waals surface area contributed by atoms with Crippen LogP contribution in [0, 0.1) is 5.92 Å². The summed E-state index contributed by atoms with van der Waals surface area (Å²) in [6.07, 6.45) is 0.445. The van der Waals surface area contributed by atoms with Crippen LogP contribution in [-0.2, 0) is 9.59 Å². The van der Waals surface area contributed by atoms with Gasteiger partial charge in [-0.15, -0.1) is 0 Å². The molecular weight excluding hydrogens is 198 g/mol. The minimum atomic E-state index is 0.0217. The number of carbonyl (C=O) groups is 2. The fraction of sp³-hybridized carbons (Fsp3) is 0.800. The van der Waals surface area contributed by atoms with Gasteiger partial charge < -0.3 is 5.32 Å². The second-order valence-electron chi connectivity index (χ2n) is 3.36. The average Bonchev–Trinajstić information content (AvgIpc) is 2.14. The zero-order valence-corrected chi connectivity index (χ0v) is 9.95. The molecule has 0 aliphatic carbocycles. The Morgan fingerprint density at radius 3 is 2.50 bits per heavy atom. The summed E-state index contributed by atoms with van der Waals surface area (Å²) in [5.74, 6) is 1.73. The van der Waals surface area contributed by atoms with E-state index in [4.69, 9.17) is 0 Å². The Balaban J connectivity index is 3.44. The highest BCUT2D eigenvalue weighted by Gasteiger charge is 2.07. The van der Waals surface area contributed by atoms with Gasteiger partial charge in [-0.25, -0.2) is 0 Å². The Bertz CT molecular complexity index is 193. The number of nitrogens with one attached hydrogen (secondary N) is 1. The average molecular weight is 217 g/mol. The molecule has 0 bridgehead atoms. The summed E-state index contributed by atoms with van der Waals surface area (Å²) < 4.78 is 0. The first-order chi connectivity index (χ1) is 6.57. The van der Waals surface area contributed by atoms with Crippen LogP contribution in [0.2, 0.25) is 0 Å². The van der Waals surface area contributed by atoms with E-state index in [0.29, 0.717) is 18.7 Å². The Kier molecular flexibility index (Phi) is 7.57. The van der Waals surface area contributed by atoms with Crippen molar-refractivity contribution in [3.8, 4) is 0 Å². The Labute approximate surface area is 90.0 Å². The number of hydrogen-bond donors (Lipinski definition) is 1. The lowest BCUT2D eigenvalue weighted by Crippen LogP contribution is -2.28. The highest BCUT2D eigenvalue weighted by atomic mass is 32.2. The number of amides is 1. The third-order valence-electron chi connectivity index (χ3n) is 1.77. The zero-order chi connectivity index (χ0) is 11.0. The smallest absolute Gasteiger partial charge is 0.230 e. The molecule has 0 rings (SSSR count). The molecule has 0 aromatic carbocycles. The van der Waals surface area contributed by atoms with E-state index in [0.717, 1.165) is 5.75 Å². The molecule has 0 radical (unpaired) electrons. The maximum absolute atomic E-state index is 11.2. The molecule has 1 amide bonds. The molecule has 0 atom stereocenters. The van der Waals surface area contributed by atoms with Crippen LogP contribution >= 0.6 is 11.8 Å². The van der Waals surface area contributed by atoms with Crippen molar-refractivity contribution in [3.05, 3.63) is 0 Å². The van der Waals surface area contributed by atoms with Gasteiger partial charge in [0, 0.05) is 18.9 Å². The number of ketones is 1.